The average molecular weight is 340 g/mol. The Balaban J connectivity index is 1.63. The first-order chi connectivity index (χ1) is 12.2. The third-order valence-electron chi connectivity index (χ3n) is 3.82. The number of anilines is 2. The Hall–Kier alpha value is -3.02. The van der Waals surface area contributed by atoms with E-state index in [2.05, 4.69) is 5.32 Å². The molecular weight excluding hydrogens is 320 g/mol. The van der Waals surface area contributed by atoms with E-state index in [-0.39, 0.29) is 18.2 Å². The van der Waals surface area contributed by atoms with Crippen molar-refractivity contribution in [2.45, 2.75) is 13.3 Å². The summed E-state index contributed by atoms with van der Waals surface area (Å²) in [5.41, 5.74) is 1.35. The lowest BCUT2D eigenvalue weighted by molar-refractivity contribution is -0.125. The lowest BCUT2D eigenvalue weighted by Crippen LogP contribution is -2.33. The number of nitrogens with one attached hydrogen (secondary N) is 1. The van der Waals surface area contributed by atoms with Gasteiger partial charge in [-0.1, -0.05) is 18.2 Å². The maximum absolute atomic E-state index is 12.4. The number of amides is 2. The van der Waals surface area contributed by atoms with Gasteiger partial charge in [-0.05, 0) is 31.2 Å². The van der Waals surface area contributed by atoms with Gasteiger partial charge < -0.3 is 19.7 Å². The number of rotatable bonds is 5. The zero-order valence-electron chi connectivity index (χ0n) is 14.0. The summed E-state index contributed by atoms with van der Waals surface area (Å²) in [6.45, 7) is 3.37. The van der Waals surface area contributed by atoms with Crippen LogP contribution >= 0.6 is 0 Å². The molecular formula is C19H20N2O4. The first-order valence-electron chi connectivity index (χ1n) is 8.22. The van der Waals surface area contributed by atoms with Gasteiger partial charge in [0.2, 0.25) is 11.8 Å². The van der Waals surface area contributed by atoms with Crippen LogP contribution in [0.2, 0.25) is 0 Å². The third-order valence-corrected chi connectivity index (χ3v) is 3.82. The Labute approximate surface area is 146 Å². The van der Waals surface area contributed by atoms with Crippen LogP contribution in [0.4, 0.5) is 11.4 Å². The topological polar surface area (TPSA) is 67.9 Å². The zero-order valence-corrected chi connectivity index (χ0v) is 14.0. The second-order valence-corrected chi connectivity index (χ2v) is 5.56. The number of carbonyl (C=O) groups is 2. The molecule has 0 unspecified atom stereocenters. The van der Waals surface area contributed by atoms with E-state index >= 15 is 0 Å². The Morgan fingerprint density at radius 3 is 2.48 bits per heavy atom. The van der Waals surface area contributed by atoms with Gasteiger partial charge in [0.05, 0.1) is 0 Å². The Bertz CT molecular complexity index is 761. The van der Waals surface area contributed by atoms with E-state index in [1.165, 1.54) is 0 Å². The molecule has 6 heteroatoms. The van der Waals surface area contributed by atoms with E-state index in [4.69, 9.17) is 9.47 Å². The quantitative estimate of drug-likeness (QED) is 0.850. The summed E-state index contributed by atoms with van der Waals surface area (Å²) in [6.07, 6.45) is -0.225. The predicted molar refractivity (Wildman–Crippen MR) is 95.1 cm³/mol. The van der Waals surface area contributed by atoms with Gasteiger partial charge in [0.15, 0.2) is 11.5 Å². The van der Waals surface area contributed by atoms with Crippen molar-refractivity contribution < 1.29 is 19.1 Å². The van der Waals surface area contributed by atoms with Crippen molar-refractivity contribution in [2.75, 3.05) is 30.0 Å². The van der Waals surface area contributed by atoms with E-state index in [0.717, 1.165) is 5.69 Å². The van der Waals surface area contributed by atoms with Gasteiger partial charge in [0, 0.05) is 24.0 Å². The minimum Gasteiger partial charge on any atom is -0.486 e. The smallest absolute Gasteiger partial charge is 0.236 e. The molecule has 0 fully saturated rings. The fraction of sp³-hybridized carbons (Fsp3) is 0.263. The molecule has 2 aromatic rings. The summed E-state index contributed by atoms with van der Waals surface area (Å²) < 4.78 is 10.9. The minimum absolute atomic E-state index is 0.225. The summed E-state index contributed by atoms with van der Waals surface area (Å²) >= 11 is 0. The van der Waals surface area contributed by atoms with Gasteiger partial charge in [-0.2, -0.15) is 0 Å². The SMILES string of the molecule is CCN(C(=O)CC(=O)Nc1ccc2c(c1)OCCO2)c1ccccc1. The number of hydrogen-bond acceptors (Lipinski definition) is 4. The highest BCUT2D eigenvalue weighted by Crippen LogP contribution is 2.32. The molecule has 3 rings (SSSR count). The number of carbonyl (C=O) groups excluding carboxylic acids is 2. The molecule has 25 heavy (non-hydrogen) atoms. The normalized spacial score (nSPS) is 12.4. The van der Waals surface area contributed by atoms with Crippen molar-refractivity contribution >= 4 is 23.2 Å². The molecule has 2 amide bonds. The van der Waals surface area contributed by atoms with Gasteiger partial charge in [-0.3, -0.25) is 9.59 Å². The number of hydrogen-bond donors (Lipinski definition) is 1. The van der Waals surface area contributed by atoms with Crippen molar-refractivity contribution in [2.24, 2.45) is 0 Å². The molecule has 130 valence electrons. The lowest BCUT2D eigenvalue weighted by atomic mass is 10.2. The standard InChI is InChI=1S/C19H20N2O4/c1-2-21(15-6-4-3-5-7-15)19(23)13-18(22)20-14-8-9-16-17(12-14)25-11-10-24-16/h3-9,12H,2,10-11,13H2,1H3,(H,20,22). The fourth-order valence-electron chi connectivity index (χ4n) is 2.67. The first-order valence-corrected chi connectivity index (χ1v) is 8.22. The predicted octanol–water partition coefficient (Wildman–Crippen LogP) is 2.84. The van der Waals surface area contributed by atoms with Crippen LogP contribution in [0, 0.1) is 0 Å². The van der Waals surface area contributed by atoms with Crippen molar-refractivity contribution in [1.29, 1.82) is 0 Å². The lowest BCUT2D eigenvalue weighted by Gasteiger charge is -2.21. The number of benzene rings is 2. The van der Waals surface area contributed by atoms with Crippen LogP contribution in [0.5, 0.6) is 11.5 Å². The molecule has 6 nitrogen and oxygen atoms in total. The maximum Gasteiger partial charge on any atom is 0.236 e. The van der Waals surface area contributed by atoms with Crippen LogP contribution in [0.25, 0.3) is 0 Å². The molecule has 1 aliphatic rings. The first kappa shape index (κ1) is 16.8. The summed E-state index contributed by atoms with van der Waals surface area (Å²) in [5.74, 6) is 0.635. The van der Waals surface area contributed by atoms with E-state index in [1.807, 2.05) is 37.3 Å². The van der Waals surface area contributed by atoms with Gasteiger partial charge in [0.25, 0.3) is 0 Å². The van der Waals surface area contributed by atoms with Crippen LogP contribution in [0.15, 0.2) is 48.5 Å². The number of fused-ring (bicyclic) bond motifs is 1. The molecule has 0 aromatic heterocycles. The molecule has 1 aliphatic heterocycles. The van der Waals surface area contributed by atoms with Crippen LogP contribution < -0.4 is 19.7 Å². The van der Waals surface area contributed by atoms with Crippen molar-refractivity contribution in [1.82, 2.24) is 0 Å². The molecule has 0 saturated heterocycles. The van der Waals surface area contributed by atoms with Gasteiger partial charge in [0.1, 0.15) is 19.6 Å². The fourth-order valence-corrected chi connectivity index (χ4v) is 2.67. The molecule has 0 saturated carbocycles. The summed E-state index contributed by atoms with van der Waals surface area (Å²) in [5, 5.41) is 2.73. The molecule has 1 heterocycles. The third kappa shape index (κ3) is 4.09. The van der Waals surface area contributed by atoms with E-state index < -0.39 is 0 Å². The summed E-state index contributed by atoms with van der Waals surface area (Å²) in [7, 11) is 0. The highest BCUT2D eigenvalue weighted by atomic mass is 16.6. The molecule has 2 aromatic carbocycles. The average Bonchev–Trinajstić information content (AvgIpc) is 2.63. The number of ether oxygens (including phenoxy) is 2. The number of nitrogens with zero attached hydrogens (tertiary/aromatic N) is 1. The monoisotopic (exact) mass is 340 g/mol. The van der Waals surface area contributed by atoms with Gasteiger partial charge in [-0.25, -0.2) is 0 Å². The molecule has 0 bridgehead atoms. The van der Waals surface area contributed by atoms with E-state index in [0.29, 0.717) is 36.9 Å². The van der Waals surface area contributed by atoms with Crippen molar-refractivity contribution in [3.63, 3.8) is 0 Å². The summed E-state index contributed by atoms with van der Waals surface area (Å²) in [6, 6.07) is 14.5. The van der Waals surface area contributed by atoms with Crippen LogP contribution in [-0.2, 0) is 9.59 Å². The molecule has 0 aliphatic carbocycles. The minimum atomic E-state index is -0.365. The second kappa shape index (κ2) is 7.70. The highest BCUT2D eigenvalue weighted by molar-refractivity contribution is 6.09. The highest BCUT2D eigenvalue weighted by Gasteiger charge is 2.18. The van der Waals surface area contributed by atoms with Gasteiger partial charge in [-0.15, -0.1) is 0 Å². The number of para-hydroxylation sites is 1. The largest absolute Gasteiger partial charge is 0.486 e. The molecule has 0 spiro atoms. The Morgan fingerprint density at radius 1 is 1.04 bits per heavy atom. The van der Waals surface area contributed by atoms with Crippen molar-refractivity contribution in [3.8, 4) is 11.5 Å². The Kier molecular flexibility index (Phi) is 5.18. The van der Waals surface area contributed by atoms with Crippen LogP contribution in [-0.4, -0.2) is 31.6 Å². The second-order valence-electron chi connectivity index (χ2n) is 5.56. The molecule has 1 N–H and O–H groups in total. The summed E-state index contributed by atoms with van der Waals surface area (Å²) in [4.78, 5) is 26.2. The van der Waals surface area contributed by atoms with Crippen LogP contribution in [0.3, 0.4) is 0 Å². The van der Waals surface area contributed by atoms with Crippen LogP contribution in [0.1, 0.15) is 13.3 Å². The van der Waals surface area contributed by atoms with Gasteiger partial charge >= 0.3 is 0 Å². The molecule has 0 radical (unpaired) electrons. The zero-order chi connectivity index (χ0) is 17.6. The van der Waals surface area contributed by atoms with Crippen molar-refractivity contribution in [3.05, 3.63) is 48.5 Å². The maximum atomic E-state index is 12.4. The van der Waals surface area contributed by atoms with E-state index in [9.17, 15) is 9.59 Å². The molecule has 0 atom stereocenters. The van der Waals surface area contributed by atoms with E-state index in [1.54, 1.807) is 23.1 Å². The Morgan fingerprint density at radius 2 is 1.76 bits per heavy atom.